The lowest BCUT2D eigenvalue weighted by molar-refractivity contribution is -0.139. The fraction of sp³-hybridized carbons (Fsp3) is 0.889. The van der Waals surface area contributed by atoms with Crippen molar-refractivity contribution in [1.82, 2.24) is 0 Å². The minimum Gasteiger partial charge on any atom is -0.480 e. The van der Waals surface area contributed by atoms with E-state index in [0.29, 0.717) is 0 Å². The number of aliphatic carboxylic acids is 1. The second kappa shape index (κ2) is 5.77. The summed E-state index contributed by atoms with van der Waals surface area (Å²) in [5.41, 5.74) is 0. The van der Waals surface area contributed by atoms with Crippen molar-refractivity contribution in [3.63, 3.8) is 0 Å². The van der Waals surface area contributed by atoms with E-state index in [9.17, 15) is 17.4 Å². The van der Waals surface area contributed by atoms with Crippen LogP contribution in [0.4, 0.5) is 0 Å². The Balaban J connectivity index is 4.25. The molecular formula is C9H18O5S2. The zero-order valence-electron chi connectivity index (χ0n) is 9.73. The lowest BCUT2D eigenvalue weighted by Crippen LogP contribution is -2.38. The van der Waals surface area contributed by atoms with Crippen molar-refractivity contribution < 1.29 is 22.5 Å². The van der Waals surface area contributed by atoms with Gasteiger partial charge in [0.25, 0.3) is 0 Å². The molecule has 0 aliphatic rings. The largest absolute Gasteiger partial charge is 0.480 e. The molecule has 1 atom stereocenters. The molecule has 1 N–H and O–H groups in total. The highest BCUT2D eigenvalue weighted by Crippen LogP contribution is 2.14. The van der Waals surface area contributed by atoms with Crippen LogP contribution in [0.1, 0.15) is 27.2 Å². The Hall–Kier alpha value is -0.430. The second-order valence-corrected chi connectivity index (χ2v) is 8.55. The molecule has 0 rings (SSSR count). The molecule has 0 fully saturated rings. The summed E-state index contributed by atoms with van der Waals surface area (Å²) in [6.45, 7) is 4.30. The molecule has 0 saturated carbocycles. The third-order valence-corrected chi connectivity index (χ3v) is 6.07. The van der Waals surface area contributed by atoms with Crippen molar-refractivity contribution in [2.24, 2.45) is 0 Å². The van der Waals surface area contributed by atoms with Crippen molar-refractivity contribution in [3.05, 3.63) is 0 Å². The number of sulfone groups is 1. The number of hydrogen-bond acceptors (Lipinski definition) is 4. The summed E-state index contributed by atoms with van der Waals surface area (Å²) in [6, 6.07) is 0. The van der Waals surface area contributed by atoms with Gasteiger partial charge in [0.1, 0.15) is 14.6 Å². The third-order valence-electron chi connectivity index (χ3n) is 2.31. The molecule has 1 unspecified atom stereocenters. The fourth-order valence-corrected chi connectivity index (χ4v) is 3.07. The normalized spacial score (nSPS) is 14.7. The summed E-state index contributed by atoms with van der Waals surface area (Å²) < 4.78 is 32.6. The second-order valence-electron chi connectivity index (χ2n) is 3.96. The van der Waals surface area contributed by atoms with Crippen LogP contribution < -0.4 is 0 Å². The van der Waals surface area contributed by atoms with Crippen LogP contribution in [-0.2, 0) is 25.4 Å². The average Bonchev–Trinajstić information content (AvgIpc) is 2.17. The van der Waals surface area contributed by atoms with Gasteiger partial charge in [-0.25, -0.2) is 8.42 Å². The van der Waals surface area contributed by atoms with Gasteiger partial charge >= 0.3 is 5.97 Å². The number of carboxylic acids is 1. The van der Waals surface area contributed by atoms with E-state index in [1.165, 1.54) is 13.8 Å². The molecule has 0 amide bonds. The molecule has 16 heavy (non-hydrogen) atoms. The molecule has 0 aliphatic heterocycles. The summed E-state index contributed by atoms with van der Waals surface area (Å²) in [5.74, 6) is -1.02. The Morgan fingerprint density at radius 1 is 1.38 bits per heavy atom. The standard InChI is InChI=1S/C9H18O5S2/c1-4-16(13,14)7-5-6-15(12)9(2,3)8(10)11/h4-7H2,1-3H3,(H,10,11). The van der Waals surface area contributed by atoms with Gasteiger partial charge in [0.15, 0.2) is 0 Å². The van der Waals surface area contributed by atoms with Crippen molar-refractivity contribution in [2.75, 3.05) is 17.3 Å². The monoisotopic (exact) mass is 270 g/mol. The highest BCUT2D eigenvalue weighted by Gasteiger charge is 2.33. The quantitative estimate of drug-likeness (QED) is 0.724. The van der Waals surface area contributed by atoms with Crippen LogP contribution in [0.5, 0.6) is 0 Å². The third kappa shape index (κ3) is 4.61. The Morgan fingerprint density at radius 2 is 1.88 bits per heavy atom. The van der Waals surface area contributed by atoms with E-state index in [2.05, 4.69) is 0 Å². The van der Waals surface area contributed by atoms with Gasteiger partial charge in [-0.3, -0.25) is 9.00 Å². The Bertz CT molecular complexity index is 369. The first-order chi connectivity index (χ1) is 7.13. The topological polar surface area (TPSA) is 88.5 Å². The molecule has 0 saturated heterocycles. The van der Waals surface area contributed by atoms with Crippen LogP contribution in [0.25, 0.3) is 0 Å². The molecule has 0 aliphatic carbocycles. The van der Waals surface area contributed by atoms with E-state index in [1.807, 2.05) is 0 Å². The van der Waals surface area contributed by atoms with E-state index in [1.54, 1.807) is 6.92 Å². The van der Waals surface area contributed by atoms with Crippen LogP contribution in [0.3, 0.4) is 0 Å². The van der Waals surface area contributed by atoms with Crippen molar-refractivity contribution >= 4 is 26.6 Å². The minimum absolute atomic E-state index is 0.0368. The highest BCUT2D eigenvalue weighted by atomic mass is 32.2. The summed E-state index contributed by atoms with van der Waals surface area (Å²) >= 11 is 0. The highest BCUT2D eigenvalue weighted by molar-refractivity contribution is 7.91. The average molecular weight is 270 g/mol. The van der Waals surface area contributed by atoms with Gasteiger partial charge in [0, 0.05) is 22.3 Å². The summed E-state index contributed by atoms with van der Waals surface area (Å²) in [6.07, 6.45) is 0.236. The van der Waals surface area contributed by atoms with Crippen LogP contribution in [0.15, 0.2) is 0 Å². The Labute approximate surface area is 98.6 Å². The van der Waals surface area contributed by atoms with Gasteiger partial charge in [0.05, 0.1) is 5.75 Å². The predicted molar refractivity (Wildman–Crippen MR) is 63.7 cm³/mol. The van der Waals surface area contributed by atoms with Gasteiger partial charge in [-0.05, 0) is 20.3 Å². The summed E-state index contributed by atoms with van der Waals surface area (Å²) in [4.78, 5) is 10.8. The molecule has 0 radical (unpaired) electrons. The fourth-order valence-electron chi connectivity index (χ4n) is 0.907. The van der Waals surface area contributed by atoms with Gasteiger partial charge in [-0.2, -0.15) is 0 Å². The predicted octanol–water partition coefficient (Wildman–Crippen LogP) is 0.423. The molecule has 5 nitrogen and oxygen atoms in total. The van der Waals surface area contributed by atoms with Gasteiger partial charge in [-0.1, -0.05) is 6.92 Å². The van der Waals surface area contributed by atoms with Crippen LogP contribution >= 0.6 is 0 Å². The maximum Gasteiger partial charge on any atom is 0.321 e. The van der Waals surface area contributed by atoms with E-state index in [0.717, 1.165) is 0 Å². The van der Waals surface area contributed by atoms with E-state index in [-0.39, 0.29) is 23.7 Å². The van der Waals surface area contributed by atoms with Gasteiger partial charge in [0.2, 0.25) is 0 Å². The molecule has 7 heteroatoms. The first-order valence-corrected chi connectivity index (χ1v) is 8.10. The maximum atomic E-state index is 11.6. The van der Waals surface area contributed by atoms with Gasteiger partial charge in [-0.15, -0.1) is 0 Å². The summed E-state index contributed by atoms with van der Waals surface area (Å²) in [5, 5.41) is 8.81. The molecular weight excluding hydrogens is 252 g/mol. The van der Waals surface area contributed by atoms with Crippen LogP contribution in [-0.4, -0.2) is 45.7 Å². The van der Waals surface area contributed by atoms with Crippen molar-refractivity contribution in [3.8, 4) is 0 Å². The van der Waals surface area contributed by atoms with Gasteiger partial charge < -0.3 is 5.11 Å². The zero-order chi connectivity index (χ0) is 13.0. The minimum atomic E-state index is -3.06. The summed E-state index contributed by atoms with van der Waals surface area (Å²) in [7, 11) is -4.62. The van der Waals surface area contributed by atoms with E-state index < -0.39 is 31.4 Å². The molecule has 0 aromatic carbocycles. The lowest BCUT2D eigenvalue weighted by Gasteiger charge is -2.18. The molecule has 0 heterocycles. The first kappa shape index (κ1) is 15.6. The number of carbonyl (C=O) groups is 1. The zero-order valence-corrected chi connectivity index (χ0v) is 11.4. The van der Waals surface area contributed by atoms with E-state index in [4.69, 9.17) is 5.11 Å². The molecule has 0 aromatic heterocycles. The molecule has 0 bridgehead atoms. The molecule has 0 aromatic rings. The van der Waals surface area contributed by atoms with Crippen LogP contribution in [0, 0.1) is 0 Å². The molecule has 0 spiro atoms. The lowest BCUT2D eigenvalue weighted by atomic mass is 10.2. The van der Waals surface area contributed by atoms with Crippen molar-refractivity contribution in [2.45, 2.75) is 31.9 Å². The maximum absolute atomic E-state index is 11.6. The van der Waals surface area contributed by atoms with E-state index >= 15 is 0 Å². The number of hydrogen-bond donors (Lipinski definition) is 1. The SMILES string of the molecule is CCS(=O)(=O)CCCS(=O)C(C)(C)C(=O)O. The van der Waals surface area contributed by atoms with Crippen molar-refractivity contribution in [1.29, 1.82) is 0 Å². The number of rotatable bonds is 7. The Kier molecular flexibility index (Phi) is 5.61. The number of carboxylic acid groups (broad SMARTS) is 1. The Morgan fingerprint density at radius 3 is 2.25 bits per heavy atom. The van der Waals surface area contributed by atoms with Crippen LogP contribution in [0.2, 0.25) is 0 Å². The molecule has 96 valence electrons. The first-order valence-electron chi connectivity index (χ1n) is 4.95. The smallest absolute Gasteiger partial charge is 0.321 e.